The summed E-state index contributed by atoms with van der Waals surface area (Å²) < 4.78 is 32.8. The molecule has 7 nitrogen and oxygen atoms in total. The third kappa shape index (κ3) is 5.08. The molecule has 1 N–H and O–H groups in total. The van der Waals surface area contributed by atoms with Gasteiger partial charge in [-0.1, -0.05) is 13.8 Å². The monoisotopic (exact) mass is 415 g/mol. The zero-order chi connectivity index (χ0) is 19.4. The number of sulfonamides is 1. The molecule has 3 heterocycles. The maximum absolute atomic E-state index is 12.8. The van der Waals surface area contributed by atoms with Gasteiger partial charge in [-0.2, -0.15) is 4.31 Å². The second kappa shape index (κ2) is 9.00. The number of rotatable bonds is 7. The summed E-state index contributed by atoms with van der Waals surface area (Å²) in [4.78, 5) is 15.4. The Morgan fingerprint density at radius 3 is 2.78 bits per heavy atom. The fourth-order valence-corrected chi connectivity index (χ4v) is 6.44. The van der Waals surface area contributed by atoms with Crippen molar-refractivity contribution in [3.05, 3.63) is 16.3 Å². The Morgan fingerprint density at radius 1 is 1.33 bits per heavy atom. The number of thiophene rings is 1. The van der Waals surface area contributed by atoms with E-state index in [1.807, 2.05) is 0 Å². The Hall–Kier alpha value is -1.00. The minimum absolute atomic E-state index is 0.0694. The summed E-state index contributed by atoms with van der Waals surface area (Å²) in [6.07, 6.45) is 1.67. The quantitative estimate of drug-likeness (QED) is 0.732. The summed E-state index contributed by atoms with van der Waals surface area (Å²) in [5.41, 5.74) is 0. The lowest BCUT2D eigenvalue weighted by molar-refractivity contribution is -0.0295. The molecule has 27 heavy (non-hydrogen) atoms. The first-order chi connectivity index (χ1) is 12.9. The van der Waals surface area contributed by atoms with Gasteiger partial charge in [0.1, 0.15) is 9.77 Å². The lowest BCUT2D eigenvalue weighted by Gasteiger charge is -2.33. The minimum Gasteiger partial charge on any atom is -0.374 e. The fourth-order valence-electron chi connectivity index (χ4n) is 3.61. The van der Waals surface area contributed by atoms with E-state index in [9.17, 15) is 13.2 Å². The lowest BCUT2D eigenvalue weighted by atomic mass is 10.2. The van der Waals surface area contributed by atoms with Crippen molar-refractivity contribution in [1.82, 2.24) is 14.5 Å². The molecule has 1 aromatic heterocycles. The molecule has 0 aromatic carbocycles. The van der Waals surface area contributed by atoms with Crippen molar-refractivity contribution >= 4 is 27.3 Å². The second-order valence-corrected chi connectivity index (χ2v) is 10.4. The smallest absolute Gasteiger partial charge is 0.262 e. The van der Waals surface area contributed by atoms with Crippen LogP contribution in [0.2, 0.25) is 0 Å². The Kier molecular flexibility index (Phi) is 6.91. The van der Waals surface area contributed by atoms with Gasteiger partial charge in [-0.15, -0.1) is 11.3 Å². The van der Waals surface area contributed by atoms with E-state index in [4.69, 9.17) is 4.74 Å². The average Bonchev–Trinajstić information content (AvgIpc) is 3.31. The molecule has 0 spiro atoms. The molecule has 2 saturated heterocycles. The normalized spacial score (nSPS) is 22.4. The summed E-state index contributed by atoms with van der Waals surface area (Å²) in [6.45, 7) is 9.17. The van der Waals surface area contributed by atoms with Gasteiger partial charge in [-0.3, -0.25) is 9.69 Å². The van der Waals surface area contributed by atoms with Crippen LogP contribution in [-0.4, -0.2) is 75.5 Å². The van der Waals surface area contributed by atoms with Crippen LogP contribution in [0.3, 0.4) is 0 Å². The summed E-state index contributed by atoms with van der Waals surface area (Å²) >= 11 is 1.17. The molecule has 152 valence electrons. The van der Waals surface area contributed by atoms with Crippen LogP contribution in [0.15, 0.2) is 16.3 Å². The van der Waals surface area contributed by atoms with E-state index < -0.39 is 10.0 Å². The van der Waals surface area contributed by atoms with Crippen molar-refractivity contribution in [3.8, 4) is 0 Å². The Balaban J connectivity index is 1.60. The topological polar surface area (TPSA) is 79.0 Å². The summed E-state index contributed by atoms with van der Waals surface area (Å²) in [7, 11) is -3.59. The molecular weight excluding hydrogens is 386 g/mol. The van der Waals surface area contributed by atoms with Gasteiger partial charge in [0.05, 0.1) is 12.7 Å². The van der Waals surface area contributed by atoms with Gasteiger partial charge >= 0.3 is 0 Å². The second-order valence-electron chi connectivity index (χ2n) is 7.58. The van der Waals surface area contributed by atoms with Crippen molar-refractivity contribution in [3.63, 3.8) is 0 Å². The molecule has 0 bridgehead atoms. The first kappa shape index (κ1) is 20.7. The van der Waals surface area contributed by atoms with Crippen molar-refractivity contribution in [2.24, 2.45) is 5.92 Å². The van der Waals surface area contributed by atoms with E-state index in [-0.39, 0.29) is 21.8 Å². The van der Waals surface area contributed by atoms with Crippen LogP contribution in [0.4, 0.5) is 0 Å². The molecular formula is C18H29N3O4S2. The number of hydrogen-bond acceptors (Lipinski definition) is 6. The molecule has 0 aliphatic carbocycles. The molecule has 1 amide bonds. The van der Waals surface area contributed by atoms with Gasteiger partial charge in [0, 0.05) is 39.3 Å². The number of ether oxygens (including phenoxy) is 1. The van der Waals surface area contributed by atoms with E-state index >= 15 is 0 Å². The van der Waals surface area contributed by atoms with Gasteiger partial charge < -0.3 is 10.1 Å². The van der Waals surface area contributed by atoms with Gasteiger partial charge in [0.25, 0.3) is 5.91 Å². The predicted octanol–water partition coefficient (Wildman–Crippen LogP) is 1.62. The number of carbonyl (C=O) groups is 1. The SMILES string of the molecule is CC(C)CN1CCOC(CNC(=O)c2sccc2S(=O)(=O)N2CCCC2)C1. The number of morpholine rings is 1. The highest BCUT2D eigenvalue weighted by Crippen LogP contribution is 2.27. The van der Waals surface area contributed by atoms with E-state index in [1.54, 1.807) is 5.38 Å². The van der Waals surface area contributed by atoms with Crippen molar-refractivity contribution in [2.75, 3.05) is 45.9 Å². The summed E-state index contributed by atoms with van der Waals surface area (Å²) in [5, 5.41) is 4.53. The molecule has 9 heteroatoms. The third-order valence-corrected chi connectivity index (χ3v) is 7.84. The maximum Gasteiger partial charge on any atom is 0.262 e. The molecule has 1 aromatic rings. The van der Waals surface area contributed by atoms with Gasteiger partial charge in [0.15, 0.2) is 0 Å². The average molecular weight is 416 g/mol. The Bertz CT molecular complexity index is 742. The predicted molar refractivity (Wildman–Crippen MR) is 106 cm³/mol. The van der Waals surface area contributed by atoms with Gasteiger partial charge in [0.2, 0.25) is 10.0 Å². The van der Waals surface area contributed by atoms with E-state index in [2.05, 4.69) is 24.1 Å². The van der Waals surface area contributed by atoms with Crippen LogP contribution < -0.4 is 5.32 Å². The molecule has 1 unspecified atom stereocenters. The van der Waals surface area contributed by atoms with Crippen molar-refractivity contribution in [2.45, 2.75) is 37.7 Å². The molecule has 2 aliphatic heterocycles. The molecule has 2 fully saturated rings. The van der Waals surface area contributed by atoms with Crippen LogP contribution in [0, 0.1) is 5.92 Å². The highest BCUT2D eigenvalue weighted by molar-refractivity contribution is 7.89. The lowest BCUT2D eigenvalue weighted by Crippen LogP contribution is -2.48. The molecule has 0 saturated carbocycles. The van der Waals surface area contributed by atoms with Crippen LogP contribution in [0.1, 0.15) is 36.4 Å². The molecule has 0 radical (unpaired) electrons. The highest BCUT2D eigenvalue weighted by Gasteiger charge is 2.32. The number of carbonyl (C=O) groups excluding carboxylic acids is 1. The van der Waals surface area contributed by atoms with Crippen LogP contribution >= 0.6 is 11.3 Å². The zero-order valence-electron chi connectivity index (χ0n) is 16.0. The van der Waals surface area contributed by atoms with Crippen molar-refractivity contribution in [1.29, 1.82) is 0 Å². The van der Waals surface area contributed by atoms with Crippen molar-refractivity contribution < 1.29 is 17.9 Å². The zero-order valence-corrected chi connectivity index (χ0v) is 17.7. The number of nitrogens with zero attached hydrogens (tertiary/aromatic N) is 2. The van der Waals surface area contributed by atoms with Gasteiger partial charge in [-0.25, -0.2) is 8.42 Å². The van der Waals surface area contributed by atoms with E-state index in [0.29, 0.717) is 32.2 Å². The minimum atomic E-state index is -3.59. The summed E-state index contributed by atoms with van der Waals surface area (Å²) in [6, 6.07) is 1.54. The molecule has 3 rings (SSSR count). The van der Waals surface area contributed by atoms with E-state index in [1.165, 1.54) is 21.7 Å². The van der Waals surface area contributed by atoms with Gasteiger partial charge in [-0.05, 0) is 30.2 Å². The first-order valence-electron chi connectivity index (χ1n) is 9.57. The summed E-state index contributed by atoms with van der Waals surface area (Å²) in [5.74, 6) is 0.246. The maximum atomic E-state index is 12.8. The van der Waals surface area contributed by atoms with Crippen LogP contribution in [-0.2, 0) is 14.8 Å². The highest BCUT2D eigenvalue weighted by atomic mass is 32.2. The van der Waals surface area contributed by atoms with E-state index in [0.717, 1.165) is 32.5 Å². The molecule has 1 atom stereocenters. The third-order valence-electron chi connectivity index (χ3n) is 4.85. The number of amides is 1. The fraction of sp³-hybridized carbons (Fsp3) is 0.722. The number of nitrogens with one attached hydrogen (secondary N) is 1. The van der Waals surface area contributed by atoms with Crippen LogP contribution in [0.5, 0.6) is 0 Å². The largest absolute Gasteiger partial charge is 0.374 e. The first-order valence-corrected chi connectivity index (χ1v) is 11.9. The Labute approximate surface area is 165 Å². The number of hydrogen-bond donors (Lipinski definition) is 1. The molecule has 2 aliphatic rings. The Morgan fingerprint density at radius 2 is 2.07 bits per heavy atom. The standard InChI is InChI=1S/C18H29N3O4S2/c1-14(2)12-20-8-9-25-15(13-20)11-19-18(22)17-16(5-10-26-17)27(23,24)21-6-3-4-7-21/h5,10,14-15H,3-4,6-9,11-13H2,1-2H3,(H,19,22). The van der Waals surface area contributed by atoms with Crippen LogP contribution in [0.25, 0.3) is 0 Å².